The zero-order chi connectivity index (χ0) is 14.3. The van der Waals surface area contributed by atoms with E-state index in [9.17, 15) is 4.39 Å². The van der Waals surface area contributed by atoms with Crippen LogP contribution in [0, 0.1) is 9.39 Å². The summed E-state index contributed by atoms with van der Waals surface area (Å²) in [6, 6.07) is 5.46. The zero-order valence-corrected chi connectivity index (χ0v) is 14.3. The third kappa shape index (κ3) is 2.35. The maximum Gasteiger partial charge on any atom is 0.138 e. The molecule has 2 aromatic heterocycles. The Bertz CT molecular complexity index is 754. The lowest BCUT2D eigenvalue weighted by molar-refractivity contribution is 0.613. The van der Waals surface area contributed by atoms with Crippen molar-refractivity contribution in [3.05, 3.63) is 49.7 Å². The van der Waals surface area contributed by atoms with E-state index in [1.54, 1.807) is 23.5 Å². The van der Waals surface area contributed by atoms with Gasteiger partial charge in [-0.1, -0.05) is 0 Å². The molecular weight excluding hydrogens is 410 g/mol. The Morgan fingerprint density at radius 3 is 2.95 bits per heavy atom. The Morgan fingerprint density at radius 1 is 1.50 bits per heavy atom. The van der Waals surface area contributed by atoms with Crippen LogP contribution in [0.3, 0.4) is 0 Å². The molecule has 0 aliphatic carbocycles. The molecule has 0 aliphatic rings. The minimum absolute atomic E-state index is 0.0828. The molecule has 2 heterocycles. The molecule has 0 fully saturated rings. The van der Waals surface area contributed by atoms with Crippen LogP contribution in [0.4, 0.5) is 4.39 Å². The van der Waals surface area contributed by atoms with Gasteiger partial charge in [0, 0.05) is 6.07 Å². The largest absolute Gasteiger partial charge is 0.320 e. The van der Waals surface area contributed by atoms with E-state index in [4.69, 9.17) is 11.6 Å². The van der Waals surface area contributed by atoms with Crippen LogP contribution >= 0.6 is 45.5 Å². The number of nitrogens with zero attached hydrogens (tertiary/aromatic N) is 2. The van der Waals surface area contributed by atoms with Gasteiger partial charge in [-0.3, -0.25) is 0 Å². The standard InChI is InChI=1S/C14H11ClFIN2S/c1-8(9-2-3-20-7-9)19-13-4-10(16)11(17)5-12(13)18-14(19)6-15/h2-5,7-8H,6H2,1H3. The fraction of sp³-hybridized carbons (Fsp3) is 0.214. The van der Waals surface area contributed by atoms with Crippen LogP contribution in [-0.2, 0) is 5.88 Å². The van der Waals surface area contributed by atoms with Crippen LogP contribution in [0.25, 0.3) is 11.0 Å². The maximum absolute atomic E-state index is 13.9. The molecule has 0 N–H and O–H groups in total. The van der Waals surface area contributed by atoms with E-state index >= 15 is 0 Å². The van der Waals surface area contributed by atoms with Crippen LogP contribution in [0.1, 0.15) is 24.4 Å². The first-order valence-corrected chi connectivity index (χ1v) is 8.61. The summed E-state index contributed by atoms with van der Waals surface area (Å²) in [6.45, 7) is 2.08. The molecule has 20 heavy (non-hydrogen) atoms. The summed E-state index contributed by atoms with van der Waals surface area (Å²) in [6.07, 6.45) is 0. The summed E-state index contributed by atoms with van der Waals surface area (Å²) in [5.74, 6) is 0.848. The van der Waals surface area contributed by atoms with Gasteiger partial charge in [0.2, 0.25) is 0 Å². The molecule has 1 aromatic carbocycles. The van der Waals surface area contributed by atoms with Crippen molar-refractivity contribution < 1.29 is 4.39 Å². The van der Waals surface area contributed by atoms with Gasteiger partial charge in [-0.25, -0.2) is 9.37 Å². The molecule has 0 saturated carbocycles. The normalized spacial score (nSPS) is 13.0. The number of imidazole rings is 1. The second-order valence-corrected chi connectivity index (χ2v) is 6.73. The van der Waals surface area contributed by atoms with Gasteiger partial charge in [0.25, 0.3) is 0 Å². The number of aromatic nitrogens is 2. The summed E-state index contributed by atoms with van der Waals surface area (Å²) >= 11 is 9.64. The molecule has 6 heteroatoms. The highest BCUT2D eigenvalue weighted by molar-refractivity contribution is 14.1. The third-order valence-corrected chi connectivity index (χ3v) is 5.10. The van der Waals surface area contributed by atoms with Crippen LogP contribution in [0.5, 0.6) is 0 Å². The maximum atomic E-state index is 13.9. The van der Waals surface area contributed by atoms with Gasteiger partial charge >= 0.3 is 0 Å². The Kier molecular flexibility index (Phi) is 4.01. The summed E-state index contributed by atoms with van der Waals surface area (Å²) in [7, 11) is 0. The summed E-state index contributed by atoms with van der Waals surface area (Å²) in [5.41, 5.74) is 2.76. The molecule has 0 aliphatic heterocycles. The number of thiophene rings is 1. The molecule has 1 unspecified atom stereocenters. The Labute approximate surface area is 138 Å². The number of alkyl halides is 1. The fourth-order valence-electron chi connectivity index (χ4n) is 2.33. The van der Waals surface area contributed by atoms with Gasteiger partial charge in [-0.2, -0.15) is 11.3 Å². The van der Waals surface area contributed by atoms with Crippen molar-refractivity contribution in [1.29, 1.82) is 0 Å². The van der Waals surface area contributed by atoms with Gasteiger partial charge in [-0.15, -0.1) is 11.6 Å². The van der Waals surface area contributed by atoms with Gasteiger partial charge in [-0.05, 0) is 58.0 Å². The van der Waals surface area contributed by atoms with E-state index in [0.29, 0.717) is 9.45 Å². The van der Waals surface area contributed by atoms with Crippen molar-refractivity contribution in [2.75, 3.05) is 0 Å². The van der Waals surface area contributed by atoms with Crippen molar-refractivity contribution in [1.82, 2.24) is 9.55 Å². The number of fused-ring (bicyclic) bond motifs is 1. The lowest BCUT2D eigenvalue weighted by atomic mass is 10.1. The summed E-state index contributed by atoms with van der Waals surface area (Å²) in [4.78, 5) is 4.53. The predicted molar refractivity (Wildman–Crippen MR) is 90.1 cm³/mol. The quantitative estimate of drug-likeness (QED) is 0.421. The first kappa shape index (κ1) is 14.3. The van der Waals surface area contributed by atoms with Crippen molar-refractivity contribution in [3.8, 4) is 0 Å². The minimum Gasteiger partial charge on any atom is -0.320 e. The highest BCUT2D eigenvalue weighted by atomic mass is 127. The van der Waals surface area contributed by atoms with Crippen molar-refractivity contribution in [2.24, 2.45) is 0 Å². The van der Waals surface area contributed by atoms with Crippen LogP contribution < -0.4 is 0 Å². The zero-order valence-electron chi connectivity index (χ0n) is 10.6. The fourth-order valence-corrected chi connectivity index (χ4v) is 3.71. The van der Waals surface area contributed by atoms with Gasteiger partial charge in [0.1, 0.15) is 11.6 Å². The molecule has 3 rings (SSSR count). The van der Waals surface area contributed by atoms with Crippen molar-refractivity contribution >= 4 is 56.6 Å². The number of rotatable bonds is 3. The van der Waals surface area contributed by atoms with E-state index in [1.807, 2.05) is 32.5 Å². The molecule has 0 amide bonds. The average molecular weight is 421 g/mol. The van der Waals surface area contributed by atoms with Gasteiger partial charge in [0.15, 0.2) is 0 Å². The van der Waals surface area contributed by atoms with Crippen molar-refractivity contribution in [3.63, 3.8) is 0 Å². The summed E-state index contributed by atoms with van der Waals surface area (Å²) in [5, 5.41) is 4.13. The van der Waals surface area contributed by atoms with Crippen molar-refractivity contribution in [2.45, 2.75) is 18.8 Å². The Hall–Kier alpha value is -0.660. The van der Waals surface area contributed by atoms with E-state index in [0.717, 1.165) is 16.9 Å². The first-order valence-electron chi connectivity index (χ1n) is 6.05. The molecule has 0 spiro atoms. The van der Waals surface area contributed by atoms with Gasteiger partial charge in [0.05, 0.1) is 26.5 Å². The number of halogens is 3. The smallest absolute Gasteiger partial charge is 0.138 e. The number of benzene rings is 1. The lowest BCUT2D eigenvalue weighted by Gasteiger charge is -2.16. The minimum atomic E-state index is -0.224. The summed E-state index contributed by atoms with van der Waals surface area (Å²) < 4.78 is 16.5. The molecule has 3 aromatic rings. The second-order valence-electron chi connectivity index (χ2n) is 4.52. The number of hydrogen-bond donors (Lipinski definition) is 0. The molecule has 2 nitrogen and oxygen atoms in total. The molecule has 1 atom stereocenters. The molecule has 0 radical (unpaired) electrons. The molecule has 104 valence electrons. The van der Waals surface area contributed by atoms with E-state index < -0.39 is 0 Å². The van der Waals surface area contributed by atoms with Crippen LogP contribution in [0.2, 0.25) is 0 Å². The number of hydrogen-bond acceptors (Lipinski definition) is 2. The van der Waals surface area contributed by atoms with Crippen LogP contribution in [-0.4, -0.2) is 9.55 Å². The highest BCUT2D eigenvalue weighted by Gasteiger charge is 2.18. The molecule has 0 bridgehead atoms. The molecular formula is C14H11ClFIN2S. The predicted octanol–water partition coefficient (Wildman–Crippen LogP) is 5.19. The van der Waals surface area contributed by atoms with E-state index in [2.05, 4.69) is 23.4 Å². The van der Waals surface area contributed by atoms with E-state index in [1.165, 1.54) is 5.56 Å². The lowest BCUT2D eigenvalue weighted by Crippen LogP contribution is -2.09. The second kappa shape index (κ2) is 5.61. The average Bonchev–Trinajstić information content (AvgIpc) is 3.06. The highest BCUT2D eigenvalue weighted by Crippen LogP contribution is 2.29. The Morgan fingerprint density at radius 2 is 2.30 bits per heavy atom. The third-order valence-electron chi connectivity index (χ3n) is 3.34. The van der Waals surface area contributed by atoms with Gasteiger partial charge < -0.3 is 4.57 Å². The monoisotopic (exact) mass is 420 g/mol. The molecule has 0 saturated heterocycles. The SMILES string of the molecule is CC(c1ccsc1)n1c(CCl)nc2cc(I)c(F)cc21. The van der Waals surface area contributed by atoms with Crippen LogP contribution in [0.15, 0.2) is 29.0 Å². The topological polar surface area (TPSA) is 17.8 Å². The Balaban J connectivity index is 2.25. The first-order chi connectivity index (χ1) is 9.61. The van der Waals surface area contributed by atoms with E-state index in [-0.39, 0.29) is 11.9 Å².